The summed E-state index contributed by atoms with van der Waals surface area (Å²) in [7, 11) is 0. The molecule has 192 valence electrons. The van der Waals surface area contributed by atoms with E-state index >= 15 is 0 Å². The van der Waals surface area contributed by atoms with Crippen molar-refractivity contribution in [2.45, 2.75) is 57.0 Å². The largest absolute Gasteiger partial charge is 0.509 e. The van der Waals surface area contributed by atoms with Crippen molar-refractivity contribution in [3.8, 4) is 0 Å². The first-order chi connectivity index (χ1) is 16.6. The number of amides is 1. The second kappa shape index (κ2) is 13.1. The average Bonchev–Trinajstić information content (AvgIpc) is 2.79. The first-order valence-corrected chi connectivity index (χ1v) is 11.5. The number of benzene rings is 2. The summed E-state index contributed by atoms with van der Waals surface area (Å²) in [5, 5.41) is 0. The number of hydrogen-bond donors (Lipinski definition) is 3. The van der Waals surface area contributed by atoms with Crippen LogP contribution in [0.5, 0.6) is 0 Å². The molecule has 1 amide bonds. The van der Waals surface area contributed by atoms with Gasteiger partial charge in [-0.1, -0.05) is 60.7 Å². The van der Waals surface area contributed by atoms with Gasteiger partial charge in [0.25, 0.3) is 0 Å². The summed E-state index contributed by atoms with van der Waals surface area (Å²) in [6, 6.07) is 18.9. The van der Waals surface area contributed by atoms with E-state index in [0.717, 1.165) is 11.1 Å². The summed E-state index contributed by atoms with van der Waals surface area (Å²) in [4.78, 5) is 24.2. The van der Waals surface area contributed by atoms with Crippen molar-refractivity contribution < 1.29 is 28.5 Å². The van der Waals surface area contributed by atoms with Crippen molar-refractivity contribution in [1.82, 2.24) is 0 Å². The number of nitrogens with two attached hydrogens (primary N) is 3. The third-order valence-electron chi connectivity index (χ3n) is 5.19. The highest BCUT2D eigenvalue weighted by Gasteiger charge is 2.38. The Kier molecular flexibility index (Phi) is 10.5. The Balaban J connectivity index is 2.25. The molecule has 0 fully saturated rings. The molecular weight excluding hydrogens is 450 g/mol. The van der Waals surface area contributed by atoms with E-state index in [-0.39, 0.29) is 26.1 Å². The monoisotopic (exact) mass is 487 g/mol. The molecule has 0 heterocycles. The highest BCUT2D eigenvalue weighted by Crippen LogP contribution is 2.23. The lowest BCUT2D eigenvalue weighted by Gasteiger charge is -2.35. The number of carbonyl (C=O) groups excluding carboxylic acids is 2. The number of hydrogen-bond acceptors (Lipinski definition) is 8. The van der Waals surface area contributed by atoms with Crippen LogP contribution in [0.1, 0.15) is 31.9 Å². The molecule has 0 aliphatic rings. The lowest BCUT2D eigenvalue weighted by molar-refractivity contribution is -0.121. The highest BCUT2D eigenvalue weighted by molar-refractivity contribution is 5.65. The van der Waals surface area contributed by atoms with Gasteiger partial charge in [0.2, 0.25) is 0 Å². The van der Waals surface area contributed by atoms with E-state index < -0.39 is 35.7 Å². The molecule has 9 heteroatoms. The molecular formula is C26H37N3O6. The molecule has 0 saturated heterocycles. The molecule has 0 aromatic heterocycles. The van der Waals surface area contributed by atoms with E-state index in [9.17, 15) is 9.59 Å². The second-order valence-corrected chi connectivity index (χ2v) is 9.37. The normalized spacial score (nSPS) is 14.9. The van der Waals surface area contributed by atoms with Gasteiger partial charge in [-0.3, -0.25) is 0 Å². The van der Waals surface area contributed by atoms with Crippen molar-refractivity contribution >= 4 is 12.2 Å². The molecule has 0 spiro atoms. The molecule has 2 rings (SSSR count). The molecule has 0 bridgehead atoms. The van der Waals surface area contributed by atoms with Crippen LogP contribution in [0.4, 0.5) is 9.59 Å². The van der Waals surface area contributed by atoms with Gasteiger partial charge in [-0.25, -0.2) is 9.59 Å². The Morgan fingerprint density at radius 1 is 0.857 bits per heavy atom. The van der Waals surface area contributed by atoms with Crippen LogP contribution in [0, 0.1) is 0 Å². The van der Waals surface area contributed by atoms with E-state index in [1.807, 2.05) is 60.7 Å². The van der Waals surface area contributed by atoms with Crippen LogP contribution in [0.15, 0.2) is 60.7 Å². The van der Waals surface area contributed by atoms with Gasteiger partial charge in [0, 0.05) is 25.9 Å². The lowest BCUT2D eigenvalue weighted by atomic mass is 9.94. The number of rotatable bonds is 12. The zero-order chi connectivity index (χ0) is 25.9. The van der Waals surface area contributed by atoms with Gasteiger partial charge < -0.3 is 36.1 Å². The van der Waals surface area contributed by atoms with Crippen LogP contribution >= 0.6 is 0 Å². The van der Waals surface area contributed by atoms with Crippen molar-refractivity contribution in [3.05, 3.63) is 71.8 Å². The fourth-order valence-corrected chi connectivity index (χ4v) is 3.54. The Labute approximate surface area is 206 Å². The van der Waals surface area contributed by atoms with Gasteiger partial charge in [-0.15, -0.1) is 0 Å². The van der Waals surface area contributed by atoms with Gasteiger partial charge in [-0.2, -0.15) is 0 Å². The molecule has 0 aliphatic heterocycles. The predicted octanol–water partition coefficient (Wildman–Crippen LogP) is 2.93. The van der Waals surface area contributed by atoms with Crippen molar-refractivity contribution in [3.63, 3.8) is 0 Å². The van der Waals surface area contributed by atoms with Crippen LogP contribution in [0.3, 0.4) is 0 Å². The zero-order valence-corrected chi connectivity index (χ0v) is 20.6. The number of primary amides is 1. The maximum atomic E-state index is 12.6. The van der Waals surface area contributed by atoms with Gasteiger partial charge in [-0.05, 0) is 31.9 Å². The fourth-order valence-electron chi connectivity index (χ4n) is 3.54. The molecule has 3 unspecified atom stereocenters. The number of carbonyl (C=O) groups is 2. The van der Waals surface area contributed by atoms with E-state index in [4.69, 9.17) is 36.1 Å². The minimum absolute atomic E-state index is 0.0310. The standard InChI is InChI=1S/C26H37N3O6/c1-25(2,3)34-24(31)35-26(17-28,15-20-12-8-5-9-13-20)18-32-22(16-27)21(33-23(29)30)14-19-10-6-4-7-11-19/h4-13,21-22H,14-18,27-28H2,1-3H3,(H2,29,30). The first-order valence-electron chi connectivity index (χ1n) is 11.5. The van der Waals surface area contributed by atoms with Crippen LogP contribution in [0.2, 0.25) is 0 Å². The predicted molar refractivity (Wildman–Crippen MR) is 133 cm³/mol. The van der Waals surface area contributed by atoms with Crippen LogP contribution < -0.4 is 17.2 Å². The minimum Gasteiger partial charge on any atom is -0.443 e. The summed E-state index contributed by atoms with van der Waals surface area (Å²) in [5.74, 6) is 0. The summed E-state index contributed by atoms with van der Waals surface area (Å²) in [5.41, 5.74) is 17.2. The molecule has 2 aromatic rings. The van der Waals surface area contributed by atoms with Gasteiger partial charge >= 0.3 is 12.2 Å². The quantitative estimate of drug-likeness (QED) is 0.387. The van der Waals surface area contributed by atoms with Crippen LogP contribution in [-0.2, 0) is 31.8 Å². The SMILES string of the molecule is CC(C)(C)OC(=O)OC(CN)(COC(CN)C(Cc1ccccc1)OC(N)=O)Cc1ccccc1. The molecule has 0 aliphatic carbocycles. The first kappa shape index (κ1) is 28.1. The zero-order valence-electron chi connectivity index (χ0n) is 20.6. The third kappa shape index (κ3) is 9.94. The summed E-state index contributed by atoms with van der Waals surface area (Å²) in [6.07, 6.45) is -2.66. The fraction of sp³-hybridized carbons (Fsp3) is 0.462. The van der Waals surface area contributed by atoms with Crippen LogP contribution in [0.25, 0.3) is 0 Å². The average molecular weight is 488 g/mol. The van der Waals surface area contributed by atoms with Gasteiger partial charge in [0.1, 0.15) is 17.8 Å². The van der Waals surface area contributed by atoms with E-state index in [2.05, 4.69) is 0 Å². The van der Waals surface area contributed by atoms with E-state index in [1.165, 1.54) is 0 Å². The smallest absolute Gasteiger partial charge is 0.443 e. The lowest BCUT2D eigenvalue weighted by Crippen LogP contribution is -2.52. The maximum Gasteiger partial charge on any atom is 0.509 e. The topological polar surface area (TPSA) is 149 Å². The Bertz CT molecular complexity index is 920. The Hall–Kier alpha value is -3.14. The molecule has 0 saturated carbocycles. The van der Waals surface area contributed by atoms with Gasteiger partial charge in [0.15, 0.2) is 5.60 Å². The summed E-state index contributed by atoms with van der Waals surface area (Å²) >= 11 is 0. The molecule has 6 N–H and O–H groups in total. The Morgan fingerprint density at radius 2 is 1.43 bits per heavy atom. The minimum atomic E-state index is -1.25. The summed E-state index contributed by atoms with van der Waals surface area (Å²) in [6.45, 7) is 5.11. The van der Waals surface area contributed by atoms with Gasteiger partial charge in [0.05, 0.1) is 6.61 Å². The Morgan fingerprint density at radius 3 is 1.91 bits per heavy atom. The second-order valence-electron chi connectivity index (χ2n) is 9.37. The highest BCUT2D eigenvalue weighted by atomic mass is 16.7. The maximum absolute atomic E-state index is 12.6. The van der Waals surface area contributed by atoms with Crippen molar-refractivity contribution in [2.75, 3.05) is 19.7 Å². The van der Waals surface area contributed by atoms with E-state index in [1.54, 1.807) is 20.8 Å². The molecule has 3 atom stereocenters. The molecule has 0 radical (unpaired) electrons. The molecule has 9 nitrogen and oxygen atoms in total. The van der Waals surface area contributed by atoms with Crippen molar-refractivity contribution in [2.24, 2.45) is 17.2 Å². The summed E-state index contributed by atoms with van der Waals surface area (Å²) < 4.78 is 22.6. The molecule has 2 aromatic carbocycles. The van der Waals surface area contributed by atoms with Crippen LogP contribution in [-0.4, -0.2) is 55.4 Å². The van der Waals surface area contributed by atoms with E-state index in [0.29, 0.717) is 6.42 Å². The molecule has 35 heavy (non-hydrogen) atoms. The third-order valence-corrected chi connectivity index (χ3v) is 5.19. The number of ether oxygens (including phenoxy) is 4. The van der Waals surface area contributed by atoms with Crippen molar-refractivity contribution in [1.29, 1.82) is 0 Å².